The number of hydrogen-bond donors (Lipinski definition) is 1. The molecule has 2 heterocycles. The summed E-state index contributed by atoms with van der Waals surface area (Å²) in [5.41, 5.74) is 3.23. The van der Waals surface area contributed by atoms with Crippen LogP contribution in [-0.4, -0.2) is 10.2 Å². The van der Waals surface area contributed by atoms with E-state index in [2.05, 4.69) is 53.6 Å². The Hall–Kier alpha value is -2.14. The molecule has 21 heavy (non-hydrogen) atoms. The second-order valence-corrected chi connectivity index (χ2v) is 6.10. The summed E-state index contributed by atoms with van der Waals surface area (Å²) >= 11 is 1.86. The molecular formula is C16H17N3OS. The van der Waals surface area contributed by atoms with Gasteiger partial charge in [-0.15, -0.1) is 21.5 Å². The molecule has 3 rings (SSSR count). The third kappa shape index (κ3) is 3.13. The van der Waals surface area contributed by atoms with E-state index in [4.69, 9.17) is 4.42 Å². The van der Waals surface area contributed by atoms with Crippen molar-refractivity contribution in [3.05, 3.63) is 52.0 Å². The SMILES string of the molecule is CCc1ccc(CNc2cc(-c3nnco3)ccc2C)s1. The van der Waals surface area contributed by atoms with E-state index in [1.54, 1.807) is 0 Å². The highest BCUT2D eigenvalue weighted by molar-refractivity contribution is 7.12. The average molecular weight is 299 g/mol. The van der Waals surface area contributed by atoms with Gasteiger partial charge in [-0.3, -0.25) is 0 Å². The number of aromatic nitrogens is 2. The highest BCUT2D eigenvalue weighted by atomic mass is 32.1. The van der Waals surface area contributed by atoms with E-state index in [-0.39, 0.29) is 0 Å². The molecule has 0 atom stereocenters. The fourth-order valence-corrected chi connectivity index (χ4v) is 3.03. The summed E-state index contributed by atoms with van der Waals surface area (Å²) in [6, 6.07) is 10.5. The summed E-state index contributed by atoms with van der Waals surface area (Å²) in [7, 11) is 0. The van der Waals surface area contributed by atoms with Crippen LogP contribution in [0.2, 0.25) is 0 Å². The first-order chi connectivity index (χ1) is 10.3. The highest BCUT2D eigenvalue weighted by Crippen LogP contribution is 2.25. The molecule has 0 aliphatic rings. The van der Waals surface area contributed by atoms with Gasteiger partial charge in [0, 0.05) is 27.5 Å². The lowest BCUT2D eigenvalue weighted by atomic mass is 10.1. The molecule has 4 nitrogen and oxygen atoms in total. The number of aryl methyl sites for hydroxylation is 2. The number of anilines is 1. The topological polar surface area (TPSA) is 51.0 Å². The van der Waals surface area contributed by atoms with Crippen LogP contribution in [0.1, 0.15) is 22.2 Å². The number of hydrogen-bond acceptors (Lipinski definition) is 5. The van der Waals surface area contributed by atoms with Gasteiger partial charge < -0.3 is 9.73 Å². The van der Waals surface area contributed by atoms with Crippen molar-refractivity contribution in [2.45, 2.75) is 26.8 Å². The van der Waals surface area contributed by atoms with Gasteiger partial charge in [-0.2, -0.15) is 0 Å². The van der Waals surface area contributed by atoms with Gasteiger partial charge in [-0.1, -0.05) is 13.0 Å². The number of rotatable bonds is 5. The summed E-state index contributed by atoms with van der Waals surface area (Å²) in [6.07, 6.45) is 2.44. The van der Waals surface area contributed by atoms with Gasteiger partial charge in [0.2, 0.25) is 12.3 Å². The molecule has 1 N–H and O–H groups in total. The van der Waals surface area contributed by atoms with Crippen molar-refractivity contribution < 1.29 is 4.42 Å². The molecule has 0 saturated carbocycles. The Balaban J connectivity index is 1.76. The Morgan fingerprint density at radius 1 is 1.19 bits per heavy atom. The van der Waals surface area contributed by atoms with E-state index in [0.29, 0.717) is 5.89 Å². The quantitative estimate of drug-likeness (QED) is 0.764. The van der Waals surface area contributed by atoms with Gasteiger partial charge in [0.15, 0.2) is 0 Å². The fraction of sp³-hybridized carbons (Fsp3) is 0.250. The molecule has 3 aromatic rings. The number of thiophene rings is 1. The van der Waals surface area contributed by atoms with E-state index >= 15 is 0 Å². The minimum absolute atomic E-state index is 0.544. The van der Waals surface area contributed by atoms with Crippen LogP contribution in [0.3, 0.4) is 0 Å². The van der Waals surface area contributed by atoms with Gasteiger partial charge in [-0.05, 0) is 43.2 Å². The molecule has 0 amide bonds. The number of benzene rings is 1. The van der Waals surface area contributed by atoms with Crippen LogP contribution in [0.15, 0.2) is 41.1 Å². The molecule has 5 heteroatoms. The van der Waals surface area contributed by atoms with E-state index in [1.165, 1.54) is 21.7 Å². The molecule has 0 fully saturated rings. The maximum absolute atomic E-state index is 5.25. The van der Waals surface area contributed by atoms with Crippen LogP contribution in [0, 0.1) is 6.92 Å². The maximum atomic E-state index is 5.25. The van der Waals surface area contributed by atoms with Crippen LogP contribution in [0.5, 0.6) is 0 Å². The Kier molecular flexibility index (Phi) is 4.01. The van der Waals surface area contributed by atoms with Crippen LogP contribution in [0.4, 0.5) is 5.69 Å². The van der Waals surface area contributed by atoms with Gasteiger partial charge in [0.05, 0.1) is 0 Å². The van der Waals surface area contributed by atoms with Crippen molar-refractivity contribution in [2.75, 3.05) is 5.32 Å². The molecule has 0 saturated heterocycles. The second-order valence-electron chi connectivity index (χ2n) is 4.85. The lowest BCUT2D eigenvalue weighted by molar-refractivity contribution is 0.568. The Bertz CT molecular complexity index is 719. The molecule has 0 radical (unpaired) electrons. The smallest absolute Gasteiger partial charge is 0.247 e. The Morgan fingerprint density at radius 3 is 2.76 bits per heavy atom. The zero-order valence-corrected chi connectivity index (χ0v) is 12.9. The van der Waals surface area contributed by atoms with E-state index in [0.717, 1.165) is 24.2 Å². The van der Waals surface area contributed by atoms with Crippen molar-refractivity contribution in [1.82, 2.24) is 10.2 Å². The largest absolute Gasteiger partial charge is 0.423 e. The van der Waals surface area contributed by atoms with E-state index in [9.17, 15) is 0 Å². The molecule has 0 aliphatic carbocycles. The van der Waals surface area contributed by atoms with Gasteiger partial charge >= 0.3 is 0 Å². The Labute approximate surface area is 127 Å². The first kappa shape index (κ1) is 13.8. The van der Waals surface area contributed by atoms with Gasteiger partial charge in [0.1, 0.15) is 0 Å². The fourth-order valence-electron chi connectivity index (χ4n) is 2.13. The molecule has 0 bridgehead atoms. The van der Waals surface area contributed by atoms with Crippen molar-refractivity contribution >= 4 is 17.0 Å². The number of nitrogens with one attached hydrogen (secondary N) is 1. The predicted molar refractivity (Wildman–Crippen MR) is 85.5 cm³/mol. The minimum atomic E-state index is 0.544. The number of nitrogens with zero attached hydrogens (tertiary/aromatic N) is 2. The summed E-state index contributed by atoms with van der Waals surface area (Å²) in [4.78, 5) is 2.76. The lowest BCUT2D eigenvalue weighted by Gasteiger charge is -2.09. The zero-order chi connectivity index (χ0) is 14.7. The van der Waals surface area contributed by atoms with Crippen molar-refractivity contribution in [1.29, 1.82) is 0 Å². The molecule has 0 spiro atoms. The predicted octanol–water partition coefficient (Wildman–Crippen LogP) is 4.28. The summed E-state index contributed by atoms with van der Waals surface area (Å²) < 4.78 is 5.25. The lowest BCUT2D eigenvalue weighted by Crippen LogP contribution is -1.99. The van der Waals surface area contributed by atoms with E-state index in [1.807, 2.05) is 17.4 Å². The normalized spacial score (nSPS) is 10.8. The third-order valence-electron chi connectivity index (χ3n) is 3.36. The van der Waals surface area contributed by atoms with Gasteiger partial charge in [0.25, 0.3) is 0 Å². The van der Waals surface area contributed by atoms with Crippen LogP contribution < -0.4 is 5.32 Å². The zero-order valence-electron chi connectivity index (χ0n) is 12.1. The first-order valence-electron chi connectivity index (χ1n) is 6.95. The van der Waals surface area contributed by atoms with Crippen LogP contribution in [0.25, 0.3) is 11.5 Å². The van der Waals surface area contributed by atoms with Crippen molar-refractivity contribution in [3.8, 4) is 11.5 Å². The molecule has 0 unspecified atom stereocenters. The van der Waals surface area contributed by atoms with E-state index < -0.39 is 0 Å². The summed E-state index contributed by atoms with van der Waals surface area (Å²) in [5.74, 6) is 0.544. The average Bonchev–Trinajstić information content (AvgIpc) is 3.18. The standard InChI is InChI=1S/C16H17N3OS/c1-3-13-6-7-14(21-13)9-17-15-8-12(5-4-11(15)2)16-19-18-10-20-16/h4-8,10,17H,3,9H2,1-2H3. The second kappa shape index (κ2) is 6.10. The molecular weight excluding hydrogens is 282 g/mol. The first-order valence-corrected chi connectivity index (χ1v) is 7.76. The molecule has 1 aromatic carbocycles. The Morgan fingerprint density at radius 2 is 2.05 bits per heavy atom. The maximum Gasteiger partial charge on any atom is 0.247 e. The third-order valence-corrected chi connectivity index (χ3v) is 4.59. The summed E-state index contributed by atoms with van der Waals surface area (Å²) in [6.45, 7) is 5.10. The summed E-state index contributed by atoms with van der Waals surface area (Å²) in [5, 5.41) is 11.2. The monoisotopic (exact) mass is 299 g/mol. The minimum Gasteiger partial charge on any atom is -0.423 e. The van der Waals surface area contributed by atoms with Crippen LogP contribution in [-0.2, 0) is 13.0 Å². The van der Waals surface area contributed by atoms with Crippen LogP contribution >= 0.6 is 11.3 Å². The highest BCUT2D eigenvalue weighted by Gasteiger charge is 2.07. The van der Waals surface area contributed by atoms with Crippen molar-refractivity contribution in [3.63, 3.8) is 0 Å². The molecule has 108 valence electrons. The molecule has 0 aliphatic heterocycles. The van der Waals surface area contributed by atoms with Crippen molar-refractivity contribution in [2.24, 2.45) is 0 Å². The van der Waals surface area contributed by atoms with Gasteiger partial charge in [-0.25, -0.2) is 0 Å². The molecule has 2 aromatic heterocycles.